The van der Waals surface area contributed by atoms with Crippen LogP contribution in [-0.4, -0.2) is 30.8 Å². The lowest BCUT2D eigenvalue weighted by Gasteiger charge is -2.44. The van der Waals surface area contributed by atoms with Crippen molar-refractivity contribution in [1.82, 2.24) is 4.90 Å². The van der Waals surface area contributed by atoms with Crippen LogP contribution in [0.1, 0.15) is 39.5 Å². The van der Waals surface area contributed by atoms with Crippen molar-refractivity contribution in [2.45, 2.75) is 39.5 Å². The van der Waals surface area contributed by atoms with Crippen LogP contribution in [0.3, 0.4) is 0 Å². The van der Waals surface area contributed by atoms with Crippen LogP contribution in [0.25, 0.3) is 0 Å². The van der Waals surface area contributed by atoms with Gasteiger partial charge in [-0.3, -0.25) is 4.79 Å². The summed E-state index contributed by atoms with van der Waals surface area (Å²) in [5.74, 6) is 1.29. The topological polar surface area (TPSA) is 29.5 Å². The van der Waals surface area contributed by atoms with Gasteiger partial charge in [0.1, 0.15) is 5.76 Å². The SMILES string of the molecule is CC(C)C1=C(OS)CC2(CCCN(C)C2)CC1=O. The van der Waals surface area contributed by atoms with Crippen LogP contribution in [0.15, 0.2) is 11.3 Å². The monoisotopic (exact) mass is 269 g/mol. The van der Waals surface area contributed by atoms with E-state index >= 15 is 0 Å². The van der Waals surface area contributed by atoms with E-state index in [0.717, 1.165) is 37.3 Å². The average molecular weight is 269 g/mol. The van der Waals surface area contributed by atoms with Crippen molar-refractivity contribution >= 4 is 18.7 Å². The van der Waals surface area contributed by atoms with Crippen LogP contribution in [-0.2, 0) is 8.98 Å². The molecule has 0 saturated carbocycles. The largest absolute Gasteiger partial charge is 0.433 e. The summed E-state index contributed by atoms with van der Waals surface area (Å²) in [5.41, 5.74) is 0.935. The molecule has 1 aliphatic carbocycles. The smallest absolute Gasteiger partial charge is 0.163 e. The molecule has 1 unspecified atom stereocenters. The van der Waals surface area contributed by atoms with E-state index in [2.05, 4.69) is 24.9 Å². The molecular weight excluding hydrogens is 246 g/mol. The van der Waals surface area contributed by atoms with Gasteiger partial charge in [0.25, 0.3) is 0 Å². The summed E-state index contributed by atoms with van der Waals surface area (Å²) >= 11 is 3.96. The maximum Gasteiger partial charge on any atom is 0.163 e. The lowest BCUT2D eigenvalue weighted by Crippen LogP contribution is -2.45. The summed E-state index contributed by atoms with van der Waals surface area (Å²) in [6.45, 7) is 6.22. The number of carbonyl (C=O) groups excluding carboxylic acids is 1. The van der Waals surface area contributed by atoms with Crippen molar-refractivity contribution in [1.29, 1.82) is 0 Å². The van der Waals surface area contributed by atoms with Crippen LogP contribution in [0.2, 0.25) is 0 Å². The first kappa shape index (κ1) is 13.9. The Bertz CT molecular complexity index is 378. The van der Waals surface area contributed by atoms with Gasteiger partial charge >= 0.3 is 0 Å². The molecule has 1 aliphatic heterocycles. The Labute approximate surface area is 115 Å². The molecule has 0 radical (unpaired) electrons. The first-order valence-electron chi connectivity index (χ1n) is 6.74. The molecule has 0 N–H and O–H groups in total. The molecule has 1 spiro atoms. The molecule has 2 rings (SSSR count). The van der Waals surface area contributed by atoms with Crippen molar-refractivity contribution in [3.8, 4) is 0 Å². The van der Waals surface area contributed by atoms with Crippen LogP contribution < -0.4 is 0 Å². The molecule has 4 heteroatoms. The predicted octanol–water partition coefficient (Wildman–Crippen LogP) is 2.83. The standard InChI is InChI=1S/C14H23NO2S/c1-10(2)13-11(16)7-14(8-12(13)17-18)5-4-6-15(3)9-14/h10,18H,4-9H2,1-3H3. The summed E-state index contributed by atoms with van der Waals surface area (Å²) in [4.78, 5) is 14.7. The van der Waals surface area contributed by atoms with Crippen molar-refractivity contribution in [2.75, 3.05) is 20.1 Å². The fourth-order valence-corrected chi connectivity index (χ4v) is 3.72. The van der Waals surface area contributed by atoms with E-state index < -0.39 is 0 Å². The predicted molar refractivity (Wildman–Crippen MR) is 75.3 cm³/mol. The molecule has 0 amide bonds. The molecule has 3 nitrogen and oxygen atoms in total. The molecule has 1 heterocycles. The number of thiol groups is 1. The normalized spacial score (nSPS) is 30.4. The first-order valence-corrected chi connectivity index (χ1v) is 7.10. The van der Waals surface area contributed by atoms with Gasteiger partial charge in [0.2, 0.25) is 0 Å². The van der Waals surface area contributed by atoms with Crippen molar-refractivity contribution < 1.29 is 8.98 Å². The van der Waals surface area contributed by atoms with E-state index in [1.54, 1.807) is 0 Å². The highest BCUT2D eigenvalue weighted by Crippen LogP contribution is 2.45. The molecule has 1 fully saturated rings. The summed E-state index contributed by atoms with van der Waals surface area (Å²) in [6.07, 6.45) is 3.82. The minimum absolute atomic E-state index is 0.0839. The second-order valence-electron chi connectivity index (χ2n) is 6.20. The number of hydrogen-bond donors (Lipinski definition) is 1. The fraction of sp³-hybridized carbons (Fsp3) is 0.786. The number of rotatable bonds is 2. The van der Waals surface area contributed by atoms with Gasteiger partial charge in [-0.05, 0) is 37.8 Å². The quantitative estimate of drug-likeness (QED) is 0.617. The third-order valence-corrected chi connectivity index (χ3v) is 4.43. The molecule has 0 aromatic carbocycles. The van der Waals surface area contributed by atoms with Crippen LogP contribution >= 0.6 is 12.9 Å². The average Bonchev–Trinajstić information content (AvgIpc) is 2.26. The summed E-state index contributed by atoms with van der Waals surface area (Å²) < 4.78 is 5.23. The Morgan fingerprint density at radius 3 is 2.67 bits per heavy atom. The minimum atomic E-state index is 0.0839. The van der Waals surface area contributed by atoms with Gasteiger partial charge in [0, 0.05) is 37.9 Å². The first-order chi connectivity index (χ1) is 8.47. The third kappa shape index (κ3) is 2.59. The Kier molecular flexibility index (Phi) is 4.07. The highest BCUT2D eigenvalue weighted by molar-refractivity contribution is 7.75. The molecule has 1 atom stereocenters. The minimum Gasteiger partial charge on any atom is -0.433 e. The number of hydrogen-bond acceptors (Lipinski definition) is 4. The van der Waals surface area contributed by atoms with E-state index in [0.29, 0.717) is 6.42 Å². The zero-order chi connectivity index (χ0) is 13.3. The number of ketones is 1. The zero-order valence-electron chi connectivity index (χ0n) is 11.5. The Morgan fingerprint density at radius 1 is 1.39 bits per heavy atom. The molecule has 102 valence electrons. The molecule has 18 heavy (non-hydrogen) atoms. The molecule has 0 aromatic heterocycles. The fourth-order valence-electron chi connectivity index (χ4n) is 3.56. The van der Waals surface area contributed by atoms with Gasteiger partial charge in [-0.1, -0.05) is 13.8 Å². The maximum absolute atomic E-state index is 12.4. The number of piperidine rings is 1. The third-order valence-electron chi connectivity index (χ3n) is 4.21. The maximum atomic E-state index is 12.4. The molecule has 2 aliphatic rings. The molecular formula is C14H23NO2S. The van der Waals surface area contributed by atoms with E-state index in [-0.39, 0.29) is 17.1 Å². The Balaban J connectivity index is 2.28. The van der Waals surface area contributed by atoms with Gasteiger partial charge in [0.05, 0.1) is 0 Å². The zero-order valence-corrected chi connectivity index (χ0v) is 12.4. The van der Waals surface area contributed by atoms with E-state index in [4.69, 9.17) is 4.18 Å². The van der Waals surface area contributed by atoms with Crippen LogP contribution in [0.5, 0.6) is 0 Å². The van der Waals surface area contributed by atoms with Crippen LogP contribution in [0.4, 0.5) is 0 Å². The van der Waals surface area contributed by atoms with Gasteiger partial charge in [-0.15, -0.1) is 0 Å². The van der Waals surface area contributed by atoms with Crippen molar-refractivity contribution in [3.63, 3.8) is 0 Å². The number of carbonyl (C=O) groups is 1. The van der Waals surface area contributed by atoms with Crippen LogP contribution in [0, 0.1) is 11.3 Å². The Hall–Kier alpha value is -0.480. The van der Waals surface area contributed by atoms with E-state index in [1.807, 2.05) is 13.8 Å². The second kappa shape index (κ2) is 5.25. The van der Waals surface area contributed by atoms with Crippen molar-refractivity contribution in [3.05, 3.63) is 11.3 Å². The molecule has 1 saturated heterocycles. The Morgan fingerprint density at radius 2 is 2.11 bits per heavy atom. The number of nitrogens with zero attached hydrogens (tertiary/aromatic N) is 1. The van der Waals surface area contributed by atoms with E-state index in [1.165, 1.54) is 6.42 Å². The lowest BCUT2D eigenvalue weighted by molar-refractivity contribution is -0.120. The molecule has 0 aromatic rings. The summed E-state index contributed by atoms with van der Waals surface area (Å²) in [5, 5.41) is 0. The number of likely N-dealkylation sites (tertiary alicyclic amines) is 1. The highest BCUT2D eigenvalue weighted by Gasteiger charge is 2.43. The van der Waals surface area contributed by atoms with Crippen molar-refractivity contribution in [2.24, 2.45) is 11.3 Å². The number of Topliss-reactive ketones (excluding diaryl/α,β-unsaturated/α-hetero) is 1. The summed E-state index contributed by atoms with van der Waals surface area (Å²) in [7, 11) is 2.13. The molecule has 0 bridgehead atoms. The van der Waals surface area contributed by atoms with Gasteiger partial charge in [0.15, 0.2) is 5.78 Å². The number of allylic oxidation sites excluding steroid dienone is 2. The lowest BCUT2D eigenvalue weighted by atomic mass is 9.67. The summed E-state index contributed by atoms with van der Waals surface area (Å²) in [6, 6.07) is 0. The van der Waals surface area contributed by atoms with Gasteiger partial charge in [-0.25, -0.2) is 0 Å². The second-order valence-corrected chi connectivity index (χ2v) is 6.38. The van der Waals surface area contributed by atoms with E-state index in [9.17, 15) is 4.79 Å². The van der Waals surface area contributed by atoms with Gasteiger partial charge < -0.3 is 9.08 Å². The highest BCUT2D eigenvalue weighted by atomic mass is 32.1. The van der Waals surface area contributed by atoms with Gasteiger partial charge in [-0.2, -0.15) is 0 Å².